The maximum Gasteiger partial charge on any atom is 0.159 e. The molecule has 0 aliphatic rings. The molecule has 0 saturated heterocycles. The van der Waals surface area contributed by atoms with Crippen molar-refractivity contribution in [2.75, 3.05) is 0 Å². The van der Waals surface area contributed by atoms with E-state index in [2.05, 4.69) is 23.8 Å². The number of hydrogen-bond donors (Lipinski definition) is 0. The first kappa shape index (κ1) is 13.9. The number of benzene rings is 1. The van der Waals surface area contributed by atoms with Gasteiger partial charge in [-0.2, -0.15) is 0 Å². The summed E-state index contributed by atoms with van der Waals surface area (Å²) < 4.78 is 13.1. The van der Waals surface area contributed by atoms with Crippen LogP contribution in [0, 0.1) is 12.7 Å². The van der Waals surface area contributed by atoms with Crippen molar-refractivity contribution in [2.24, 2.45) is 0 Å². The molecule has 0 bridgehead atoms. The van der Waals surface area contributed by atoms with E-state index in [1.165, 1.54) is 12.1 Å². The van der Waals surface area contributed by atoms with E-state index >= 15 is 0 Å². The van der Waals surface area contributed by atoms with Crippen LogP contribution in [0.2, 0.25) is 0 Å². The molecule has 0 N–H and O–H groups in total. The number of hydrogen-bond acceptors (Lipinski definition) is 2. The van der Waals surface area contributed by atoms with E-state index in [1.807, 2.05) is 6.92 Å². The number of halogens is 2. The van der Waals surface area contributed by atoms with E-state index < -0.39 is 0 Å². The van der Waals surface area contributed by atoms with Crippen molar-refractivity contribution in [1.29, 1.82) is 0 Å². The van der Waals surface area contributed by atoms with E-state index in [-0.39, 0.29) is 11.7 Å². The lowest BCUT2D eigenvalue weighted by Gasteiger charge is -2.12. The van der Waals surface area contributed by atoms with E-state index in [1.54, 1.807) is 12.3 Å². The molecule has 2 rings (SSSR count). The van der Waals surface area contributed by atoms with E-state index in [9.17, 15) is 4.39 Å². The minimum absolute atomic E-state index is 0.247. The molecule has 2 nitrogen and oxygen atoms in total. The average molecular weight is 279 g/mol. The van der Waals surface area contributed by atoms with Crippen LogP contribution in [0.5, 0.6) is 0 Å². The van der Waals surface area contributed by atoms with Gasteiger partial charge >= 0.3 is 0 Å². The molecule has 0 atom stereocenters. The van der Waals surface area contributed by atoms with Crippen LogP contribution in [0.4, 0.5) is 4.39 Å². The minimum Gasteiger partial charge on any atom is -0.236 e. The molecule has 0 radical (unpaired) electrons. The van der Waals surface area contributed by atoms with Gasteiger partial charge in [-0.1, -0.05) is 13.8 Å². The quantitative estimate of drug-likeness (QED) is 0.775. The minimum atomic E-state index is -0.247. The molecule has 2 aromatic rings. The fraction of sp³-hybridized carbons (Fsp3) is 0.333. The number of alkyl halides is 1. The number of rotatable bonds is 3. The van der Waals surface area contributed by atoms with Gasteiger partial charge in [0.05, 0.1) is 11.6 Å². The van der Waals surface area contributed by atoms with Gasteiger partial charge in [0.25, 0.3) is 0 Å². The molecule has 0 unspecified atom stereocenters. The average Bonchev–Trinajstić information content (AvgIpc) is 2.38. The van der Waals surface area contributed by atoms with Crippen molar-refractivity contribution in [1.82, 2.24) is 9.97 Å². The molecular weight excluding hydrogens is 263 g/mol. The zero-order valence-corrected chi connectivity index (χ0v) is 12.0. The zero-order valence-electron chi connectivity index (χ0n) is 11.2. The highest BCUT2D eigenvalue weighted by Crippen LogP contribution is 2.25. The maximum absolute atomic E-state index is 13.1. The molecular formula is C15H16ClFN2. The molecule has 0 aliphatic carbocycles. The summed E-state index contributed by atoms with van der Waals surface area (Å²) in [6.45, 7) is 5.99. The third kappa shape index (κ3) is 2.92. The van der Waals surface area contributed by atoms with Gasteiger partial charge in [0.1, 0.15) is 5.82 Å². The molecule has 1 heterocycles. The summed E-state index contributed by atoms with van der Waals surface area (Å²) in [6, 6.07) is 4.63. The Morgan fingerprint density at radius 3 is 2.63 bits per heavy atom. The van der Waals surface area contributed by atoms with Gasteiger partial charge in [0.2, 0.25) is 0 Å². The largest absolute Gasteiger partial charge is 0.236 e. The van der Waals surface area contributed by atoms with E-state index in [0.717, 1.165) is 22.4 Å². The van der Waals surface area contributed by atoms with Gasteiger partial charge in [-0.05, 0) is 36.6 Å². The van der Waals surface area contributed by atoms with Crippen LogP contribution in [-0.4, -0.2) is 9.97 Å². The molecule has 1 aromatic heterocycles. The lowest BCUT2D eigenvalue weighted by atomic mass is 10.0. The fourth-order valence-corrected chi connectivity index (χ4v) is 2.24. The second kappa shape index (κ2) is 5.66. The SMILES string of the molecule is Cc1cc(F)ccc1-c1ncc(CCl)c(C(C)C)n1. The van der Waals surface area contributed by atoms with Gasteiger partial charge in [-0.25, -0.2) is 14.4 Å². The van der Waals surface area contributed by atoms with Crippen LogP contribution in [0.15, 0.2) is 24.4 Å². The van der Waals surface area contributed by atoms with Gasteiger partial charge in [0.15, 0.2) is 5.82 Å². The monoisotopic (exact) mass is 278 g/mol. The van der Waals surface area contributed by atoms with Crippen LogP contribution in [-0.2, 0) is 5.88 Å². The Kier molecular flexibility index (Phi) is 4.15. The van der Waals surface area contributed by atoms with Gasteiger partial charge in [-0.15, -0.1) is 11.6 Å². The topological polar surface area (TPSA) is 25.8 Å². The summed E-state index contributed by atoms with van der Waals surface area (Å²) in [7, 11) is 0. The van der Waals surface area contributed by atoms with Crippen LogP contribution >= 0.6 is 11.6 Å². The Hall–Kier alpha value is -1.48. The van der Waals surface area contributed by atoms with Gasteiger partial charge < -0.3 is 0 Å². The van der Waals surface area contributed by atoms with Crippen molar-refractivity contribution in [3.63, 3.8) is 0 Å². The Labute approximate surface area is 117 Å². The Morgan fingerprint density at radius 2 is 2.05 bits per heavy atom. The third-order valence-corrected chi connectivity index (χ3v) is 3.31. The third-order valence-electron chi connectivity index (χ3n) is 3.02. The van der Waals surface area contributed by atoms with Crippen molar-refractivity contribution in [3.05, 3.63) is 47.0 Å². The molecule has 0 spiro atoms. The summed E-state index contributed by atoms with van der Waals surface area (Å²) in [5.41, 5.74) is 3.57. The smallest absolute Gasteiger partial charge is 0.159 e. The maximum atomic E-state index is 13.1. The summed E-state index contributed by atoms with van der Waals surface area (Å²) in [5, 5.41) is 0. The van der Waals surface area contributed by atoms with Crippen LogP contribution in [0.25, 0.3) is 11.4 Å². The molecule has 0 amide bonds. The van der Waals surface area contributed by atoms with Crippen LogP contribution < -0.4 is 0 Å². The normalized spacial score (nSPS) is 11.1. The highest BCUT2D eigenvalue weighted by atomic mass is 35.5. The Bertz CT molecular complexity index is 597. The second-order valence-corrected chi connectivity index (χ2v) is 5.12. The van der Waals surface area contributed by atoms with Crippen LogP contribution in [0.3, 0.4) is 0 Å². The number of aromatic nitrogens is 2. The number of aryl methyl sites for hydroxylation is 1. The lowest BCUT2D eigenvalue weighted by Crippen LogP contribution is -2.03. The van der Waals surface area contributed by atoms with Crippen molar-refractivity contribution < 1.29 is 4.39 Å². The highest BCUT2D eigenvalue weighted by molar-refractivity contribution is 6.17. The molecule has 19 heavy (non-hydrogen) atoms. The molecule has 0 aliphatic heterocycles. The van der Waals surface area contributed by atoms with Crippen molar-refractivity contribution >= 4 is 11.6 Å². The summed E-state index contributed by atoms with van der Waals surface area (Å²) >= 11 is 5.90. The van der Waals surface area contributed by atoms with Gasteiger partial charge in [-0.3, -0.25) is 0 Å². The molecule has 0 saturated carbocycles. The second-order valence-electron chi connectivity index (χ2n) is 4.85. The lowest BCUT2D eigenvalue weighted by molar-refractivity contribution is 0.627. The molecule has 4 heteroatoms. The summed E-state index contributed by atoms with van der Waals surface area (Å²) in [4.78, 5) is 8.92. The van der Waals surface area contributed by atoms with Gasteiger partial charge in [0, 0.05) is 17.3 Å². The zero-order chi connectivity index (χ0) is 14.0. The molecule has 1 aromatic carbocycles. The predicted octanol–water partition coefficient (Wildman–Crippen LogP) is 4.45. The standard InChI is InChI=1S/C15H16ClFN2/c1-9(2)14-11(7-16)8-18-15(19-14)13-5-4-12(17)6-10(13)3/h4-6,8-9H,7H2,1-3H3. The number of nitrogens with zero attached hydrogens (tertiary/aromatic N) is 2. The first-order valence-electron chi connectivity index (χ1n) is 6.21. The van der Waals surface area contributed by atoms with E-state index in [4.69, 9.17) is 11.6 Å². The first-order chi connectivity index (χ1) is 9.02. The molecule has 0 fully saturated rings. The van der Waals surface area contributed by atoms with E-state index in [0.29, 0.717) is 11.7 Å². The summed E-state index contributed by atoms with van der Waals surface area (Å²) in [5.74, 6) is 1.05. The molecule has 100 valence electrons. The van der Waals surface area contributed by atoms with Crippen LogP contribution in [0.1, 0.15) is 36.6 Å². The Morgan fingerprint density at radius 1 is 1.32 bits per heavy atom. The summed E-state index contributed by atoms with van der Waals surface area (Å²) in [6.07, 6.45) is 1.76. The van der Waals surface area contributed by atoms with Crippen molar-refractivity contribution in [3.8, 4) is 11.4 Å². The fourth-order valence-electron chi connectivity index (χ4n) is 2.03. The predicted molar refractivity (Wildman–Crippen MR) is 75.8 cm³/mol. The highest BCUT2D eigenvalue weighted by Gasteiger charge is 2.12. The first-order valence-corrected chi connectivity index (χ1v) is 6.74. The Balaban J connectivity index is 2.54. The van der Waals surface area contributed by atoms with Crippen molar-refractivity contribution in [2.45, 2.75) is 32.6 Å².